The van der Waals surface area contributed by atoms with Crippen molar-refractivity contribution >= 4 is 22.9 Å². The predicted molar refractivity (Wildman–Crippen MR) is 104 cm³/mol. The summed E-state index contributed by atoms with van der Waals surface area (Å²) in [5, 5.41) is 2.93. The van der Waals surface area contributed by atoms with Crippen molar-refractivity contribution in [3.8, 4) is 0 Å². The number of benzene rings is 2. The average molecular weight is 384 g/mol. The number of aryl methyl sites for hydroxylation is 1. The van der Waals surface area contributed by atoms with Gasteiger partial charge in [0, 0.05) is 32.6 Å². The lowest BCUT2D eigenvalue weighted by molar-refractivity contribution is -0.125. The highest BCUT2D eigenvalue weighted by Crippen LogP contribution is 2.27. The standard InChI is InChI=1S/C21H22F2N4O/c1-26-18-4-2-3-17(23)19(18)25-21(26)27-11-9-15(10-12-27)20(28)24-13-14-5-7-16(22)8-6-14/h2-8,15H,9-13H2,1H3,(H,24,28). The first kappa shape index (κ1) is 18.4. The Labute approximate surface area is 162 Å². The van der Waals surface area contributed by atoms with Crippen LogP contribution in [0.3, 0.4) is 0 Å². The van der Waals surface area contributed by atoms with Crippen LogP contribution in [0.2, 0.25) is 0 Å². The number of carbonyl (C=O) groups is 1. The molecule has 0 spiro atoms. The van der Waals surface area contributed by atoms with Gasteiger partial charge in [0.2, 0.25) is 11.9 Å². The molecule has 1 aliphatic heterocycles. The molecule has 1 N–H and O–H groups in total. The summed E-state index contributed by atoms with van der Waals surface area (Å²) >= 11 is 0. The summed E-state index contributed by atoms with van der Waals surface area (Å²) < 4.78 is 28.8. The van der Waals surface area contributed by atoms with Gasteiger partial charge in [0.15, 0.2) is 5.82 Å². The van der Waals surface area contributed by atoms with E-state index in [0.29, 0.717) is 38.0 Å². The van der Waals surface area contributed by atoms with Crippen molar-refractivity contribution in [1.29, 1.82) is 0 Å². The zero-order valence-electron chi connectivity index (χ0n) is 15.7. The fourth-order valence-electron chi connectivity index (χ4n) is 3.73. The van der Waals surface area contributed by atoms with Gasteiger partial charge >= 0.3 is 0 Å². The summed E-state index contributed by atoms with van der Waals surface area (Å²) in [7, 11) is 1.88. The lowest BCUT2D eigenvalue weighted by atomic mass is 9.96. The number of amides is 1. The van der Waals surface area contributed by atoms with E-state index >= 15 is 0 Å². The number of piperidine rings is 1. The highest BCUT2D eigenvalue weighted by Gasteiger charge is 2.27. The maximum atomic E-state index is 14.0. The number of hydrogen-bond donors (Lipinski definition) is 1. The van der Waals surface area contributed by atoms with Crippen LogP contribution < -0.4 is 10.2 Å². The summed E-state index contributed by atoms with van der Waals surface area (Å²) in [6.07, 6.45) is 1.42. The van der Waals surface area contributed by atoms with Gasteiger partial charge < -0.3 is 14.8 Å². The Kier molecular flexibility index (Phi) is 4.98. The monoisotopic (exact) mass is 384 g/mol. The third kappa shape index (κ3) is 3.56. The fourth-order valence-corrected chi connectivity index (χ4v) is 3.73. The number of fused-ring (bicyclic) bond motifs is 1. The van der Waals surface area contributed by atoms with Gasteiger partial charge in [0.25, 0.3) is 0 Å². The normalized spacial score (nSPS) is 15.2. The molecule has 0 aliphatic carbocycles. The molecular weight excluding hydrogens is 362 g/mol. The minimum absolute atomic E-state index is 0.0139. The number of imidazole rings is 1. The zero-order chi connectivity index (χ0) is 19.7. The molecule has 3 aromatic rings. The summed E-state index contributed by atoms with van der Waals surface area (Å²) in [5.41, 5.74) is 2.00. The van der Waals surface area contributed by atoms with E-state index in [1.165, 1.54) is 18.2 Å². The Morgan fingerprint density at radius 1 is 1.14 bits per heavy atom. The predicted octanol–water partition coefficient (Wildman–Crippen LogP) is 3.38. The maximum absolute atomic E-state index is 14.0. The molecule has 1 saturated heterocycles. The van der Waals surface area contributed by atoms with E-state index in [0.717, 1.165) is 17.0 Å². The molecule has 2 heterocycles. The third-order valence-electron chi connectivity index (χ3n) is 5.37. The average Bonchev–Trinajstić information content (AvgIpc) is 3.05. The lowest BCUT2D eigenvalue weighted by Crippen LogP contribution is -2.41. The molecule has 1 aliphatic rings. The van der Waals surface area contributed by atoms with Crippen LogP contribution in [-0.4, -0.2) is 28.5 Å². The molecular formula is C21H22F2N4O. The van der Waals surface area contributed by atoms with Gasteiger partial charge in [0.1, 0.15) is 11.3 Å². The van der Waals surface area contributed by atoms with Gasteiger partial charge in [0.05, 0.1) is 5.52 Å². The second-order valence-electron chi connectivity index (χ2n) is 7.18. The fraction of sp³-hybridized carbons (Fsp3) is 0.333. The van der Waals surface area contributed by atoms with Gasteiger partial charge in [-0.3, -0.25) is 4.79 Å². The molecule has 7 heteroatoms. The van der Waals surface area contributed by atoms with Crippen molar-refractivity contribution in [2.24, 2.45) is 13.0 Å². The number of aromatic nitrogens is 2. The van der Waals surface area contributed by atoms with Crippen molar-refractivity contribution in [3.63, 3.8) is 0 Å². The summed E-state index contributed by atoms with van der Waals surface area (Å²) in [4.78, 5) is 19.0. The molecule has 0 atom stereocenters. The van der Waals surface area contributed by atoms with Gasteiger partial charge in [-0.15, -0.1) is 0 Å². The first-order chi connectivity index (χ1) is 13.5. The molecule has 1 aromatic heterocycles. The molecule has 0 unspecified atom stereocenters. The van der Waals surface area contributed by atoms with E-state index in [1.807, 2.05) is 17.7 Å². The summed E-state index contributed by atoms with van der Waals surface area (Å²) in [6, 6.07) is 11.1. The van der Waals surface area contributed by atoms with E-state index in [1.54, 1.807) is 18.2 Å². The molecule has 1 fully saturated rings. The lowest BCUT2D eigenvalue weighted by Gasteiger charge is -2.32. The number of nitrogens with one attached hydrogen (secondary N) is 1. The first-order valence-corrected chi connectivity index (χ1v) is 9.41. The van der Waals surface area contributed by atoms with Crippen molar-refractivity contribution in [3.05, 3.63) is 59.7 Å². The van der Waals surface area contributed by atoms with Crippen LogP contribution >= 0.6 is 0 Å². The van der Waals surface area contributed by atoms with Crippen LogP contribution in [0.1, 0.15) is 18.4 Å². The van der Waals surface area contributed by atoms with E-state index in [-0.39, 0.29) is 23.5 Å². The molecule has 1 amide bonds. The molecule has 0 bridgehead atoms. The first-order valence-electron chi connectivity index (χ1n) is 9.41. The minimum Gasteiger partial charge on any atom is -0.352 e. The number of hydrogen-bond acceptors (Lipinski definition) is 3. The number of rotatable bonds is 4. The smallest absolute Gasteiger partial charge is 0.223 e. The maximum Gasteiger partial charge on any atom is 0.223 e. The van der Waals surface area contributed by atoms with Gasteiger partial charge in [-0.25, -0.2) is 13.8 Å². The molecule has 0 radical (unpaired) electrons. The van der Waals surface area contributed by atoms with E-state index in [2.05, 4.69) is 15.2 Å². The van der Waals surface area contributed by atoms with Crippen LogP contribution in [-0.2, 0) is 18.4 Å². The van der Waals surface area contributed by atoms with E-state index in [9.17, 15) is 13.6 Å². The quantitative estimate of drug-likeness (QED) is 0.750. The summed E-state index contributed by atoms with van der Waals surface area (Å²) in [6.45, 7) is 1.77. The van der Waals surface area contributed by atoms with Crippen LogP contribution in [0.4, 0.5) is 14.7 Å². The van der Waals surface area contributed by atoms with Crippen molar-refractivity contribution in [2.75, 3.05) is 18.0 Å². The van der Waals surface area contributed by atoms with Crippen molar-refractivity contribution in [2.45, 2.75) is 19.4 Å². The third-order valence-corrected chi connectivity index (χ3v) is 5.37. The van der Waals surface area contributed by atoms with Gasteiger partial charge in [-0.1, -0.05) is 18.2 Å². The number of nitrogens with zero attached hydrogens (tertiary/aromatic N) is 3. The van der Waals surface area contributed by atoms with Crippen LogP contribution in [0.5, 0.6) is 0 Å². The van der Waals surface area contributed by atoms with Gasteiger partial charge in [-0.05, 0) is 42.7 Å². The largest absolute Gasteiger partial charge is 0.352 e. The Morgan fingerprint density at radius 3 is 2.54 bits per heavy atom. The molecule has 0 saturated carbocycles. The topological polar surface area (TPSA) is 50.2 Å². The molecule has 28 heavy (non-hydrogen) atoms. The molecule has 4 rings (SSSR count). The van der Waals surface area contributed by atoms with Gasteiger partial charge in [-0.2, -0.15) is 0 Å². The number of halogens is 2. The van der Waals surface area contributed by atoms with Crippen LogP contribution in [0, 0.1) is 17.6 Å². The minimum atomic E-state index is -0.325. The second kappa shape index (κ2) is 7.58. The van der Waals surface area contributed by atoms with Crippen molar-refractivity contribution < 1.29 is 13.6 Å². The van der Waals surface area contributed by atoms with Crippen LogP contribution in [0.25, 0.3) is 11.0 Å². The van der Waals surface area contributed by atoms with E-state index in [4.69, 9.17) is 0 Å². The summed E-state index contributed by atoms with van der Waals surface area (Å²) in [5.74, 6) is 0.0621. The second-order valence-corrected chi connectivity index (χ2v) is 7.18. The highest BCUT2D eigenvalue weighted by molar-refractivity contribution is 5.80. The number of carbonyl (C=O) groups excluding carboxylic acids is 1. The van der Waals surface area contributed by atoms with Crippen LogP contribution in [0.15, 0.2) is 42.5 Å². The highest BCUT2D eigenvalue weighted by atomic mass is 19.1. The Morgan fingerprint density at radius 2 is 1.86 bits per heavy atom. The molecule has 2 aromatic carbocycles. The number of anilines is 1. The van der Waals surface area contributed by atoms with Crippen molar-refractivity contribution in [1.82, 2.24) is 14.9 Å². The SMILES string of the molecule is Cn1c(N2CCC(C(=O)NCc3ccc(F)cc3)CC2)nc2c(F)cccc21. The Hall–Kier alpha value is -2.96. The molecule has 146 valence electrons. The molecule has 5 nitrogen and oxygen atoms in total. The Balaban J connectivity index is 1.36. The Bertz CT molecular complexity index is 992. The zero-order valence-corrected chi connectivity index (χ0v) is 15.7. The number of para-hydroxylation sites is 1. The van der Waals surface area contributed by atoms with E-state index < -0.39 is 0 Å².